The van der Waals surface area contributed by atoms with Crippen molar-refractivity contribution in [1.29, 1.82) is 0 Å². The molecule has 0 radical (unpaired) electrons. The van der Waals surface area contributed by atoms with Gasteiger partial charge in [0.1, 0.15) is 18.3 Å². The fraction of sp³-hybridized carbons (Fsp3) is 0.0361. The average molecular weight is 1090 g/mol. The van der Waals surface area contributed by atoms with Crippen LogP contribution in [-0.4, -0.2) is 15.3 Å². The van der Waals surface area contributed by atoms with Crippen molar-refractivity contribution in [3.05, 3.63) is 264 Å². The maximum atomic E-state index is 13.7. The van der Waals surface area contributed by atoms with Gasteiger partial charge in [0.2, 0.25) is 0 Å². The summed E-state index contributed by atoms with van der Waals surface area (Å²) in [6.07, 6.45) is -2.80. The van der Waals surface area contributed by atoms with Gasteiger partial charge in [-0.25, -0.2) is 0 Å². The number of rotatable bonds is 6. The van der Waals surface area contributed by atoms with Crippen LogP contribution in [0, 0.1) is 0 Å². The van der Waals surface area contributed by atoms with Crippen LogP contribution in [0.25, 0.3) is 194 Å². The van der Waals surface area contributed by atoms with Gasteiger partial charge in [0.25, 0.3) is 0 Å². The summed E-state index contributed by atoms with van der Waals surface area (Å²) in [7, 11) is 0. The molecular weight excluding hydrogens is 1040 g/mol. The maximum Gasteiger partial charge on any atom is 0.105 e. The molecule has 0 aromatic heterocycles. The number of hydrogen-bond donors (Lipinski definition) is 3. The second kappa shape index (κ2) is 15.2. The molecule has 0 saturated carbocycles. The summed E-state index contributed by atoms with van der Waals surface area (Å²) in [5.74, 6) is 0. The highest BCUT2D eigenvalue weighted by Crippen LogP contribution is 2.56. The zero-order valence-corrected chi connectivity index (χ0v) is 46.0. The molecular formula is C83H44O3. The molecule has 0 saturated heterocycles. The SMILES string of the molecule is OC(c1ccc2ccc3cccc4ccc1c2c34)c1cc2ccc3ccc4cc(C(O)c5cc6ccc7ccc8cc(C(O)c9ccc%10ccc%11cccc%12ccc9c%10c%11%12)c9ccc%10ccc5c5c6c7c8c9c%105)c5ccc6ccc1c1c2c3c4c5c61. The van der Waals surface area contributed by atoms with E-state index in [0.717, 1.165) is 130 Å². The van der Waals surface area contributed by atoms with Crippen LogP contribution in [0.1, 0.15) is 51.7 Å². The number of hydrogen-bond acceptors (Lipinski definition) is 3. The zero-order chi connectivity index (χ0) is 55.9. The molecule has 22 aromatic rings. The molecule has 0 heterocycles. The minimum atomic E-state index is -0.997. The lowest BCUT2D eigenvalue weighted by Gasteiger charge is -2.27. The highest BCUT2D eigenvalue weighted by atomic mass is 16.3. The second-order valence-electron chi connectivity index (χ2n) is 25.1. The molecule has 0 aliphatic heterocycles. The van der Waals surface area contributed by atoms with E-state index in [-0.39, 0.29) is 0 Å². The van der Waals surface area contributed by atoms with Gasteiger partial charge in [-0.2, -0.15) is 0 Å². The largest absolute Gasteiger partial charge is 0.384 e. The van der Waals surface area contributed by atoms with E-state index in [0.29, 0.717) is 0 Å². The van der Waals surface area contributed by atoms with E-state index >= 15 is 0 Å². The molecule has 22 rings (SSSR count). The summed E-state index contributed by atoms with van der Waals surface area (Å²) in [4.78, 5) is 0. The van der Waals surface area contributed by atoms with E-state index in [2.05, 4.69) is 231 Å². The highest BCUT2D eigenvalue weighted by molar-refractivity contribution is 6.47. The standard InChI is InChI=1S/C83H44O3/c84-81(59-33-25-43-9-7-39-3-1-5-41-19-27-53(59)67(43)65(39)41)61-35-49-15-11-45-13-17-51-37-63(57-31-23-47-21-29-55(61)77-71(47)79(57)75(51)69(45)73(49)77)83(86)64-38-52-18-14-46-12-16-50-36-62(56-30-22-48-24-32-58(64)80-72(48)78(56)74(50)70(46)76(52)80)82(85)60-34-26-44-10-8-40-4-2-6-42-20-28-54(60)68(44)66(40)42/h1-38,81-86H. The summed E-state index contributed by atoms with van der Waals surface area (Å²) < 4.78 is 0. The van der Waals surface area contributed by atoms with E-state index in [9.17, 15) is 15.3 Å². The van der Waals surface area contributed by atoms with Crippen molar-refractivity contribution in [2.24, 2.45) is 0 Å². The van der Waals surface area contributed by atoms with Crippen molar-refractivity contribution < 1.29 is 15.3 Å². The molecule has 3 heteroatoms. The van der Waals surface area contributed by atoms with E-state index in [1.165, 1.54) is 97.0 Å². The number of benzene rings is 22. The van der Waals surface area contributed by atoms with Crippen LogP contribution in [0.3, 0.4) is 0 Å². The molecule has 86 heavy (non-hydrogen) atoms. The van der Waals surface area contributed by atoms with Crippen molar-refractivity contribution >= 4 is 194 Å². The maximum absolute atomic E-state index is 13.7. The predicted molar refractivity (Wildman–Crippen MR) is 363 cm³/mol. The van der Waals surface area contributed by atoms with E-state index < -0.39 is 18.3 Å². The monoisotopic (exact) mass is 1090 g/mol. The highest BCUT2D eigenvalue weighted by Gasteiger charge is 2.31. The Balaban J connectivity index is 0.772. The molecule has 0 bridgehead atoms. The summed E-state index contributed by atoms with van der Waals surface area (Å²) in [6.45, 7) is 0. The fourth-order valence-electron chi connectivity index (χ4n) is 17.7. The Morgan fingerprint density at radius 1 is 0.151 bits per heavy atom. The van der Waals surface area contributed by atoms with Gasteiger partial charge in [-0.15, -0.1) is 0 Å². The van der Waals surface area contributed by atoms with Crippen LogP contribution >= 0.6 is 0 Å². The lowest BCUT2D eigenvalue weighted by Crippen LogP contribution is -2.06. The molecule has 22 aromatic carbocycles. The van der Waals surface area contributed by atoms with Gasteiger partial charge < -0.3 is 15.3 Å². The van der Waals surface area contributed by atoms with Crippen LogP contribution in [0.4, 0.5) is 0 Å². The third-order valence-electron chi connectivity index (χ3n) is 21.3. The van der Waals surface area contributed by atoms with Gasteiger partial charge in [0.05, 0.1) is 0 Å². The summed E-state index contributed by atoms with van der Waals surface area (Å²) >= 11 is 0. The smallest absolute Gasteiger partial charge is 0.105 e. The number of aliphatic hydroxyl groups excluding tert-OH is 3. The van der Waals surface area contributed by atoms with Crippen molar-refractivity contribution in [2.75, 3.05) is 0 Å². The van der Waals surface area contributed by atoms with Gasteiger partial charge >= 0.3 is 0 Å². The predicted octanol–water partition coefficient (Wildman–Crippen LogP) is 21.2. The van der Waals surface area contributed by atoms with Crippen molar-refractivity contribution in [3.63, 3.8) is 0 Å². The Kier molecular flexibility index (Phi) is 7.97. The summed E-state index contributed by atoms with van der Waals surface area (Å²) in [6, 6.07) is 84.1. The average Bonchev–Trinajstić information content (AvgIpc) is 0.723. The Labute approximate surface area is 488 Å². The zero-order valence-electron chi connectivity index (χ0n) is 46.0. The van der Waals surface area contributed by atoms with Gasteiger partial charge in [0.15, 0.2) is 0 Å². The molecule has 0 aliphatic carbocycles. The molecule has 3 nitrogen and oxygen atoms in total. The van der Waals surface area contributed by atoms with Crippen LogP contribution in [0.15, 0.2) is 231 Å². The summed E-state index contributed by atoms with van der Waals surface area (Å²) in [5, 5.41) is 81.4. The van der Waals surface area contributed by atoms with Crippen LogP contribution in [0.2, 0.25) is 0 Å². The van der Waals surface area contributed by atoms with Crippen molar-refractivity contribution in [3.8, 4) is 0 Å². The Bertz CT molecular complexity index is 6260. The first-order valence-electron chi connectivity index (χ1n) is 30.1. The second-order valence-corrected chi connectivity index (χ2v) is 25.1. The molecule has 0 spiro atoms. The van der Waals surface area contributed by atoms with Crippen LogP contribution < -0.4 is 0 Å². The number of aliphatic hydroxyl groups is 3. The molecule has 0 fully saturated rings. The minimum Gasteiger partial charge on any atom is -0.384 e. The summed E-state index contributed by atoms with van der Waals surface area (Å²) in [5.41, 5.74) is 5.30. The third kappa shape index (κ3) is 5.24. The van der Waals surface area contributed by atoms with Gasteiger partial charge in [-0.3, -0.25) is 0 Å². The third-order valence-corrected chi connectivity index (χ3v) is 21.3. The van der Waals surface area contributed by atoms with Gasteiger partial charge in [0, 0.05) is 0 Å². The first-order valence-corrected chi connectivity index (χ1v) is 30.1. The minimum absolute atomic E-state index is 0.865. The first kappa shape index (κ1) is 45.0. The molecule has 0 aliphatic rings. The Morgan fingerprint density at radius 2 is 0.337 bits per heavy atom. The van der Waals surface area contributed by atoms with E-state index in [4.69, 9.17) is 0 Å². The Hall–Kier alpha value is -10.5. The molecule has 2 unspecified atom stereocenters. The quantitative estimate of drug-likeness (QED) is 0.115. The molecule has 394 valence electrons. The van der Waals surface area contributed by atoms with Gasteiger partial charge in [-0.05, 0) is 252 Å². The van der Waals surface area contributed by atoms with Crippen molar-refractivity contribution in [1.82, 2.24) is 0 Å². The Morgan fingerprint density at radius 3 is 0.628 bits per heavy atom. The van der Waals surface area contributed by atoms with Crippen molar-refractivity contribution in [2.45, 2.75) is 18.3 Å². The fourth-order valence-corrected chi connectivity index (χ4v) is 17.7. The molecule has 0 amide bonds. The molecule has 3 N–H and O–H groups in total. The van der Waals surface area contributed by atoms with Crippen LogP contribution in [-0.2, 0) is 0 Å². The lowest BCUT2D eigenvalue weighted by molar-refractivity contribution is 0.223. The van der Waals surface area contributed by atoms with E-state index in [1.54, 1.807) is 0 Å². The van der Waals surface area contributed by atoms with E-state index in [1.807, 2.05) is 0 Å². The van der Waals surface area contributed by atoms with Gasteiger partial charge in [-0.1, -0.05) is 206 Å². The first-order chi connectivity index (χ1) is 42.4. The van der Waals surface area contributed by atoms with Crippen LogP contribution in [0.5, 0.6) is 0 Å². The molecule has 2 atom stereocenters. The lowest BCUT2D eigenvalue weighted by atomic mass is 9.77. The topological polar surface area (TPSA) is 60.7 Å². The normalized spacial score (nSPS) is 14.3.